The first-order chi connectivity index (χ1) is 14.5. The molecule has 1 aliphatic heterocycles. The first-order valence-electron chi connectivity index (χ1n) is 9.89. The van der Waals surface area contributed by atoms with Crippen molar-refractivity contribution in [3.63, 3.8) is 0 Å². The van der Waals surface area contributed by atoms with Crippen LogP contribution in [0.3, 0.4) is 0 Å². The van der Waals surface area contributed by atoms with Crippen molar-refractivity contribution in [3.8, 4) is 0 Å². The Labute approximate surface area is 174 Å². The average molecular weight is 411 g/mol. The van der Waals surface area contributed by atoms with E-state index >= 15 is 0 Å². The number of hydrogen-bond acceptors (Lipinski definition) is 5. The first-order valence-corrected chi connectivity index (χ1v) is 9.89. The van der Waals surface area contributed by atoms with Crippen LogP contribution >= 0.6 is 0 Å². The second kappa shape index (κ2) is 10.4. The minimum Gasteiger partial charge on any atom is -0.335 e. The second-order valence-electron chi connectivity index (χ2n) is 7.18. The van der Waals surface area contributed by atoms with E-state index in [2.05, 4.69) is 20.9 Å². The summed E-state index contributed by atoms with van der Waals surface area (Å²) < 4.78 is 0. The summed E-state index contributed by atoms with van der Waals surface area (Å²) in [6.07, 6.45) is 1.99. The van der Waals surface area contributed by atoms with Crippen LogP contribution < -0.4 is 16.0 Å². The van der Waals surface area contributed by atoms with Gasteiger partial charge >= 0.3 is 6.03 Å². The zero-order valence-electron chi connectivity index (χ0n) is 16.5. The molecule has 30 heavy (non-hydrogen) atoms. The largest absolute Gasteiger partial charge is 0.335 e. The monoisotopic (exact) mass is 411 g/mol. The number of nitro groups is 1. The van der Waals surface area contributed by atoms with Crippen LogP contribution in [0.2, 0.25) is 0 Å². The lowest BCUT2D eigenvalue weighted by molar-refractivity contribution is -0.384. The van der Waals surface area contributed by atoms with Gasteiger partial charge in [0.15, 0.2) is 0 Å². The molecular weight excluding hydrogens is 386 g/mol. The predicted molar refractivity (Wildman–Crippen MR) is 114 cm³/mol. The molecule has 1 aliphatic rings. The number of nitro benzene ring substituents is 1. The Morgan fingerprint density at radius 2 is 1.60 bits per heavy atom. The van der Waals surface area contributed by atoms with E-state index in [1.54, 1.807) is 0 Å². The molecule has 0 spiro atoms. The van der Waals surface area contributed by atoms with Gasteiger partial charge in [0, 0.05) is 55.6 Å². The number of para-hydroxylation sites is 1. The Morgan fingerprint density at radius 3 is 2.23 bits per heavy atom. The van der Waals surface area contributed by atoms with E-state index in [1.165, 1.54) is 24.3 Å². The van der Waals surface area contributed by atoms with Crippen LogP contribution in [0.1, 0.15) is 19.3 Å². The van der Waals surface area contributed by atoms with Gasteiger partial charge < -0.3 is 20.9 Å². The van der Waals surface area contributed by atoms with Gasteiger partial charge in [-0.1, -0.05) is 18.2 Å². The second-order valence-corrected chi connectivity index (χ2v) is 7.18. The zero-order valence-corrected chi connectivity index (χ0v) is 16.5. The lowest BCUT2D eigenvalue weighted by atomic mass is 10.1. The minimum absolute atomic E-state index is 0.0121. The van der Waals surface area contributed by atoms with E-state index in [0.29, 0.717) is 18.7 Å². The number of nitrogens with zero attached hydrogens (tertiary/aromatic N) is 2. The summed E-state index contributed by atoms with van der Waals surface area (Å²) in [6, 6.07) is 15.0. The summed E-state index contributed by atoms with van der Waals surface area (Å²) in [5.41, 5.74) is 1.28. The number of benzene rings is 2. The fourth-order valence-electron chi connectivity index (χ4n) is 3.32. The van der Waals surface area contributed by atoms with Crippen LogP contribution in [-0.4, -0.2) is 47.4 Å². The summed E-state index contributed by atoms with van der Waals surface area (Å²) in [5, 5.41) is 19.2. The molecule has 3 amide bonds. The van der Waals surface area contributed by atoms with Gasteiger partial charge in [0.1, 0.15) is 0 Å². The summed E-state index contributed by atoms with van der Waals surface area (Å²) >= 11 is 0. The van der Waals surface area contributed by atoms with Gasteiger partial charge in [-0.05, 0) is 37.1 Å². The average Bonchev–Trinajstić information content (AvgIpc) is 2.74. The molecule has 2 aromatic carbocycles. The zero-order chi connectivity index (χ0) is 21.3. The molecule has 0 radical (unpaired) electrons. The third kappa shape index (κ3) is 6.56. The minimum atomic E-state index is -0.477. The number of carbonyl (C=O) groups is 2. The molecule has 9 heteroatoms. The highest BCUT2D eigenvalue weighted by atomic mass is 16.6. The lowest BCUT2D eigenvalue weighted by Gasteiger charge is -2.32. The smallest absolute Gasteiger partial charge is 0.319 e. The van der Waals surface area contributed by atoms with Crippen LogP contribution in [0.5, 0.6) is 0 Å². The van der Waals surface area contributed by atoms with Gasteiger partial charge in [-0.25, -0.2) is 4.79 Å². The molecule has 0 atom stereocenters. The summed E-state index contributed by atoms with van der Waals surface area (Å²) in [7, 11) is 0. The number of likely N-dealkylation sites (tertiary alicyclic amines) is 1. The van der Waals surface area contributed by atoms with Crippen molar-refractivity contribution in [2.45, 2.75) is 25.3 Å². The maximum atomic E-state index is 12.1. The number of hydrogen-bond donors (Lipinski definition) is 3. The van der Waals surface area contributed by atoms with E-state index in [9.17, 15) is 19.7 Å². The quantitative estimate of drug-likeness (QED) is 0.478. The Morgan fingerprint density at radius 1 is 0.967 bits per heavy atom. The van der Waals surface area contributed by atoms with Crippen LogP contribution in [0.25, 0.3) is 0 Å². The highest BCUT2D eigenvalue weighted by Crippen LogP contribution is 2.16. The van der Waals surface area contributed by atoms with Crippen molar-refractivity contribution in [2.24, 2.45) is 0 Å². The van der Waals surface area contributed by atoms with E-state index in [1.807, 2.05) is 30.3 Å². The van der Waals surface area contributed by atoms with Crippen molar-refractivity contribution in [1.29, 1.82) is 0 Å². The van der Waals surface area contributed by atoms with E-state index in [0.717, 1.165) is 31.6 Å². The van der Waals surface area contributed by atoms with Gasteiger partial charge in [-0.3, -0.25) is 14.9 Å². The van der Waals surface area contributed by atoms with E-state index < -0.39 is 4.92 Å². The molecule has 0 unspecified atom stereocenters. The normalized spacial score (nSPS) is 14.7. The summed E-state index contributed by atoms with van der Waals surface area (Å²) in [5.74, 6) is -0.133. The molecule has 3 N–H and O–H groups in total. The van der Waals surface area contributed by atoms with Crippen molar-refractivity contribution < 1.29 is 14.5 Å². The molecule has 1 heterocycles. The number of amides is 3. The maximum absolute atomic E-state index is 12.1. The Hall–Kier alpha value is -3.46. The highest BCUT2D eigenvalue weighted by molar-refractivity contribution is 5.91. The Bertz CT molecular complexity index is 865. The predicted octanol–water partition coefficient (Wildman–Crippen LogP) is 3.21. The number of anilines is 2. The number of non-ortho nitro benzene ring substituents is 1. The van der Waals surface area contributed by atoms with Crippen LogP contribution in [0, 0.1) is 10.1 Å². The molecule has 158 valence electrons. The number of rotatable bonds is 7. The molecule has 0 saturated carbocycles. The van der Waals surface area contributed by atoms with Crippen molar-refractivity contribution >= 4 is 29.0 Å². The van der Waals surface area contributed by atoms with Gasteiger partial charge in [-0.15, -0.1) is 0 Å². The SMILES string of the molecule is O=C(CCN1CCC(NC(=O)Nc2ccccc2)CC1)Nc1ccc([N+](=O)[O-])cc1. The Kier molecular flexibility index (Phi) is 7.34. The topological polar surface area (TPSA) is 117 Å². The number of nitrogens with one attached hydrogen (secondary N) is 3. The molecule has 0 aromatic heterocycles. The summed E-state index contributed by atoms with van der Waals surface area (Å²) in [6.45, 7) is 2.24. The lowest BCUT2D eigenvalue weighted by Crippen LogP contribution is -2.46. The van der Waals surface area contributed by atoms with Gasteiger partial charge in [0.05, 0.1) is 4.92 Å². The summed E-state index contributed by atoms with van der Waals surface area (Å²) in [4.78, 5) is 36.6. The first kappa shape index (κ1) is 21.3. The van der Waals surface area contributed by atoms with Crippen LogP contribution in [0.15, 0.2) is 54.6 Å². The third-order valence-corrected chi connectivity index (χ3v) is 4.97. The van der Waals surface area contributed by atoms with Crippen LogP contribution in [-0.2, 0) is 4.79 Å². The highest BCUT2D eigenvalue weighted by Gasteiger charge is 2.21. The standard InChI is InChI=1S/C21H25N5O4/c27-20(22-17-6-8-19(9-7-17)26(29)30)12-15-25-13-10-18(11-14-25)24-21(28)23-16-4-2-1-3-5-16/h1-9,18H,10-15H2,(H,22,27)(H2,23,24,28). The van der Waals surface area contributed by atoms with E-state index in [-0.39, 0.29) is 23.7 Å². The molecule has 3 rings (SSSR count). The number of piperidine rings is 1. The molecule has 1 fully saturated rings. The molecule has 2 aromatic rings. The maximum Gasteiger partial charge on any atom is 0.319 e. The number of urea groups is 1. The van der Waals surface area contributed by atoms with Crippen LogP contribution in [0.4, 0.5) is 21.9 Å². The fourth-order valence-corrected chi connectivity index (χ4v) is 3.32. The molecule has 1 saturated heterocycles. The van der Waals surface area contributed by atoms with E-state index in [4.69, 9.17) is 0 Å². The molecular formula is C21H25N5O4. The Balaban J connectivity index is 1.33. The van der Waals surface area contributed by atoms with Crippen molar-refractivity contribution in [3.05, 3.63) is 64.7 Å². The van der Waals surface area contributed by atoms with Gasteiger partial charge in [0.25, 0.3) is 5.69 Å². The molecule has 0 bridgehead atoms. The molecule has 9 nitrogen and oxygen atoms in total. The fraction of sp³-hybridized carbons (Fsp3) is 0.333. The van der Waals surface area contributed by atoms with Crippen molar-refractivity contribution in [1.82, 2.24) is 10.2 Å². The van der Waals surface area contributed by atoms with Crippen molar-refractivity contribution in [2.75, 3.05) is 30.3 Å². The number of carbonyl (C=O) groups excluding carboxylic acids is 2. The van der Waals surface area contributed by atoms with Gasteiger partial charge in [-0.2, -0.15) is 0 Å². The third-order valence-electron chi connectivity index (χ3n) is 4.97. The molecule has 0 aliphatic carbocycles. The van der Waals surface area contributed by atoms with Gasteiger partial charge in [0.2, 0.25) is 5.91 Å².